The van der Waals surface area contributed by atoms with E-state index in [0.29, 0.717) is 12.2 Å². The van der Waals surface area contributed by atoms with Crippen molar-refractivity contribution in [3.63, 3.8) is 0 Å². The van der Waals surface area contributed by atoms with Gasteiger partial charge in [-0.25, -0.2) is 4.79 Å². The molecule has 15 heavy (non-hydrogen) atoms. The predicted molar refractivity (Wildman–Crippen MR) is 53.2 cm³/mol. The lowest BCUT2D eigenvalue weighted by Crippen LogP contribution is -2.10. The molecule has 0 fully saturated rings. The Morgan fingerprint density at radius 1 is 1.13 bits per heavy atom. The zero-order chi connectivity index (χ0) is 11.8. The van der Waals surface area contributed by atoms with Gasteiger partial charge < -0.3 is 14.6 Å². The van der Waals surface area contributed by atoms with Crippen LogP contribution in [0.1, 0.15) is 27.2 Å². The number of carboxylic acid groups (broad SMARTS) is 1. The zero-order valence-electron chi connectivity index (χ0n) is 9.20. The van der Waals surface area contributed by atoms with E-state index in [1.54, 1.807) is 6.92 Å². The lowest BCUT2D eigenvalue weighted by Gasteiger charge is -2.10. The number of hydrogen-bond acceptors (Lipinski definition) is 4. The lowest BCUT2D eigenvalue weighted by molar-refractivity contribution is -0.142. The maximum Gasteiger partial charge on any atom is 0.334 e. The van der Waals surface area contributed by atoms with Crippen molar-refractivity contribution < 1.29 is 24.2 Å². The molecule has 0 saturated heterocycles. The van der Waals surface area contributed by atoms with E-state index in [-0.39, 0.29) is 24.8 Å². The molecule has 0 amide bonds. The van der Waals surface area contributed by atoms with Gasteiger partial charge in [0.1, 0.15) is 19.0 Å². The van der Waals surface area contributed by atoms with Crippen molar-refractivity contribution in [3.05, 3.63) is 11.3 Å². The normalized spacial score (nSPS) is 11.7. The number of carboxylic acids is 1. The largest absolute Gasteiger partial charge is 0.494 e. The molecule has 0 rings (SSSR count). The number of carbonyl (C=O) groups is 2. The molecule has 5 heteroatoms. The SMILES string of the molecule is CC/C(OCCOC(C)=O)=C(/C)C(=O)O. The molecule has 0 aromatic heterocycles. The van der Waals surface area contributed by atoms with E-state index < -0.39 is 5.97 Å². The van der Waals surface area contributed by atoms with Crippen molar-refractivity contribution in [2.24, 2.45) is 0 Å². The third kappa shape index (κ3) is 5.72. The number of ether oxygens (including phenoxy) is 2. The van der Waals surface area contributed by atoms with Gasteiger partial charge in [-0.1, -0.05) is 6.92 Å². The first-order valence-electron chi connectivity index (χ1n) is 4.68. The number of hydrogen-bond donors (Lipinski definition) is 1. The Morgan fingerprint density at radius 2 is 1.67 bits per heavy atom. The molecule has 0 spiro atoms. The van der Waals surface area contributed by atoms with Crippen LogP contribution >= 0.6 is 0 Å². The highest BCUT2D eigenvalue weighted by Crippen LogP contribution is 2.10. The fourth-order valence-corrected chi connectivity index (χ4v) is 0.945. The van der Waals surface area contributed by atoms with Crippen molar-refractivity contribution in [3.8, 4) is 0 Å². The smallest absolute Gasteiger partial charge is 0.334 e. The van der Waals surface area contributed by atoms with Crippen molar-refractivity contribution in [2.75, 3.05) is 13.2 Å². The van der Waals surface area contributed by atoms with E-state index in [4.69, 9.17) is 9.84 Å². The van der Waals surface area contributed by atoms with Gasteiger partial charge in [-0.05, 0) is 6.92 Å². The van der Waals surface area contributed by atoms with Gasteiger partial charge in [-0.3, -0.25) is 4.79 Å². The Bertz CT molecular complexity index is 267. The van der Waals surface area contributed by atoms with Crippen LogP contribution in [0.2, 0.25) is 0 Å². The Hall–Kier alpha value is -1.52. The molecule has 0 aliphatic heterocycles. The molecule has 0 bridgehead atoms. The highest BCUT2D eigenvalue weighted by atomic mass is 16.6. The highest BCUT2D eigenvalue weighted by Gasteiger charge is 2.08. The van der Waals surface area contributed by atoms with Gasteiger partial charge in [-0.15, -0.1) is 0 Å². The minimum absolute atomic E-state index is 0.131. The van der Waals surface area contributed by atoms with Crippen molar-refractivity contribution in [1.82, 2.24) is 0 Å². The summed E-state index contributed by atoms with van der Waals surface area (Å²) in [5.74, 6) is -0.968. The standard InChI is InChI=1S/C10H16O5/c1-4-9(7(2)10(12)13)15-6-5-14-8(3)11/h4-6H2,1-3H3,(H,12,13)/b9-7+. The molecule has 5 nitrogen and oxygen atoms in total. The first-order chi connectivity index (χ1) is 6.99. The summed E-state index contributed by atoms with van der Waals surface area (Å²) in [6.45, 7) is 4.89. The van der Waals surface area contributed by atoms with E-state index >= 15 is 0 Å². The van der Waals surface area contributed by atoms with Crippen LogP contribution in [0.3, 0.4) is 0 Å². The third-order valence-corrected chi connectivity index (χ3v) is 1.73. The molecular weight excluding hydrogens is 200 g/mol. The van der Waals surface area contributed by atoms with E-state index in [0.717, 1.165) is 0 Å². The van der Waals surface area contributed by atoms with Crippen molar-refractivity contribution in [2.45, 2.75) is 27.2 Å². The minimum atomic E-state index is -1.00. The van der Waals surface area contributed by atoms with Gasteiger partial charge in [0.2, 0.25) is 0 Å². The van der Waals surface area contributed by atoms with E-state index in [1.807, 2.05) is 0 Å². The molecular formula is C10H16O5. The average Bonchev–Trinajstić information content (AvgIpc) is 2.16. The average molecular weight is 216 g/mol. The van der Waals surface area contributed by atoms with E-state index in [2.05, 4.69) is 4.74 Å². The molecule has 0 radical (unpaired) electrons. The Kier molecular flexibility index (Phi) is 6.17. The van der Waals surface area contributed by atoms with Crippen LogP contribution in [0.25, 0.3) is 0 Å². The monoisotopic (exact) mass is 216 g/mol. The molecule has 0 aromatic carbocycles. The summed E-state index contributed by atoms with van der Waals surface area (Å²) < 4.78 is 9.83. The first-order valence-corrected chi connectivity index (χ1v) is 4.68. The van der Waals surface area contributed by atoms with Crippen LogP contribution in [0.5, 0.6) is 0 Å². The fourth-order valence-electron chi connectivity index (χ4n) is 0.945. The fraction of sp³-hybridized carbons (Fsp3) is 0.600. The van der Waals surface area contributed by atoms with Gasteiger partial charge in [0.25, 0.3) is 0 Å². The molecule has 1 N–H and O–H groups in total. The summed E-state index contributed by atoms with van der Waals surface area (Å²) >= 11 is 0. The number of allylic oxidation sites excluding steroid dienone is 1. The number of aliphatic carboxylic acids is 1. The predicted octanol–water partition coefficient (Wildman–Crippen LogP) is 1.33. The molecule has 0 heterocycles. The number of esters is 1. The van der Waals surface area contributed by atoms with Crippen LogP contribution in [0.4, 0.5) is 0 Å². The lowest BCUT2D eigenvalue weighted by atomic mass is 10.2. The second kappa shape index (κ2) is 6.86. The maximum absolute atomic E-state index is 10.6. The summed E-state index contributed by atoms with van der Waals surface area (Å²) in [6.07, 6.45) is 0.498. The van der Waals surface area contributed by atoms with Crippen LogP contribution in [0.15, 0.2) is 11.3 Å². The van der Waals surface area contributed by atoms with Crippen molar-refractivity contribution >= 4 is 11.9 Å². The summed E-state index contributed by atoms with van der Waals surface area (Å²) in [5.41, 5.74) is 0.181. The highest BCUT2D eigenvalue weighted by molar-refractivity contribution is 5.86. The van der Waals surface area contributed by atoms with Crippen LogP contribution in [-0.2, 0) is 19.1 Å². The summed E-state index contributed by atoms with van der Waals surface area (Å²) in [7, 11) is 0. The molecule has 0 saturated carbocycles. The molecule has 0 aromatic rings. The molecule has 0 unspecified atom stereocenters. The summed E-state index contributed by atoms with van der Waals surface area (Å²) in [4.78, 5) is 21.0. The van der Waals surface area contributed by atoms with Gasteiger partial charge in [0.05, 0.1) is 5.57 Å². The number of rotatable bonds is 6. The second-order valence-electron chi connectivity index (χ2n) is 2.90. The minimum Gasteiger partial charge on any atom is -0.494 e. The maximum atomic E-state index is 10.6. The molecule has 86 valence electrons. The van der Waals surface area contributed by atoms with Gasteiger partial charge in [0.15, 0.2) is 0 Å². The second-order valence-corrected chi connectivity index (χ2v) is 2.90. The molecule has 0 atom stereocenters. The Labute approximate surface area is 88.7 Å². The Balaban J connectivity index is 4.07. The topological polar surface area (TPSA) is 72.8 Å². The van der Waals surface area contributed by atoms with Gasteiger partial charge in [-0.2, -0.15) is 0 Å². The summed E-state index contributed by atoms with van der Waals surface area (Å²) in [6, 6.07) is 0. The Morgan fingerprint density at radius 3 is 2.07 bits per heavy atom. The van der Waals surface area contributed by atoms with E-state index in [9.17, 15) is 9.59 Å². The van der Waals surface area contributed by atoms with Gasteiger partial charge in [0, 0.05) is 13.3 Å². The number of carbonyl (C=O) groups excluding carboxylic acids is 1. The zero-order valence-corrected chi connectivity index (χ0v) is 9.20. The third-order valence-electron chi connectivity index (χ3n) is 1.73. The van der Waals surface area contributed by atoms with Crippen LogP contribution in [0, 0.1) is 0 Å². The summed E-state index contributed by atoms with van der Waals surface area (Å²) in [5, 5.41) is 8.71. The first kappa shape index (κ1) is 13.5. The molecule has 0 aliphatic carbocycles. The van der Waals surface area contributed by atoms with Crippen LogP contribution < -0.4 is 0 Å². The quantitative estimate of drug-likeness (QED) is 0.314. The van der Waals surface area contributed by atoms with E-state index in [1.165, 1.54) is 13.8 Å². The van der Waals surface area contributed by atoms with Crippen LogP contribution in [-0.4, -0.2) is 30.3 Å². The van der Waals surface area contributed by atoms with Crippen molar-refractivity contribution in [1.29, 1.82) is 0 Å². The molecule has 0 aliphatic rings. The van der Waals surface area contributed by atoms with Gasteiger partial charge >= 0.3 is 11.9 Å².